The molecule has 4 rings (SSSR count). The van der Waals surface area contributed by atoms with E-state index in [0.717, 1.165) is 30.7 Å². The number of rotatable bonds is 8. The van der Waals surface area contributed by atoms with Crippen molar-refractivity contribution in [2.75, 3.05) is 33.8 Å². The van der Waals surface area contributed by atoms with Crippen LogP contribution in [0.25, 0.3) is 11.0 Å². The Morgan fingerprint density at radius 2 is 1.81 bits per heavy atom. The van der Waals surface area contributed by atoms with Crippen LogP contribution in [0.15, 0.2) is 57.7 Å². The number of ether oxygens (including phenoxy) is 1. The van der Waals surface area contributed by atoms with Crippen LogP contribution in [0.2, 0.25) is 0 Å². The third kappa shape index (κ3) is 4.08. The molecule has 1 aromatic heterocycles. The highest BCUT2D eigenvalue weighted by atomic mass is 16.5. The maximum absolute atomic E-state index is 13.4. The van der Waals surface area contributed by atoms with Gasteiger partial charge in [-0.2, -0.15) is 0 Å². The second kappa shape index (κ2) is 8.94. The molecule has 2 heterocycles. The molecule has 2 aromatic carbocycles. The number of amides is 1. The Kier molecular flexibility index (Phi) is 6.09. The Balaban J connectivity index is 1.78. The van der Waals surface area contributed by atoms with Crippen LogP contribution in [0, 0.1) is 0 Å². The van der Waals surface area contributed by atoms with Crippen molar-refractivity contribution in [3.8, 4) is 5.75 Å². The van der Waals surface area contributed by atoms with Crippen LogP contribution >= 0.6 is 0 Å². The van der Waals surface area contributed by atoms with E-state index in [0.29, 0.717) is 29.7 Å². The zero-order valence-electron chi connectivity index (χ0n) is 18.3. The molecule has 0 radical (unpaired) electrons. The van der Waals surface area contributed by atoms with Crippen molar-refractivity contribution >= 4 is 16.9 Å². The minimum absolute atomic E-state index is 0.142. The van der Waals surface area contributed by atoms with Crippen molar-refractivity contribution < 1.29 is 13.9 Å². The van der Waals surface area contributed by atoms with E-state index in [-0.39, 0.29) is 17.1 Å². The Hall–Kier alpha value is -3.12. The normalized spacial score (nSPS) is 15.7. The molecule has 0 saturated carbocycles. The molecule has 3 aromatic rings. The lowest BCUT2D eigenvalue weighted by atomic mass is 9.98. The summed E-state index contributed by atoms with van der Waals surface area (Å²) in [4.78, 5) is 30.6. The SMILES string of the molecule is CCCOc1ccc([C@H]2c3c(oc4ccccc4c3=O)C(=O)N2CCCN(C)C)cc1. The number of nitrogens with zero attached hydrogens (tertiary/aromatic N) is 2. The predicted molar refractivity (Wildman–Crippen MR) is 121 cm³/mol. The average molecular weight is 421 g/mol. The van der Waals surface area contributed by atoms with E-state index in [4.69, 9.17) is 9.15 Å². The molecule has 0 unspecified atom stereocenters. The van der Waals surface area contributed by atoms with Gasteiger partial charge in [0, 0.05) is 6.54 Å². The average Bonchev–Trinajstić information content (AvgIpc) is 3.05. The van der Waals surface area contributed by atoms with Gasteiger partial charge in [0.15, 0.2) is 5.43 Å². The van der Waals surface area contributed by atoms with E-state index in [2.05, 4.69) is 11.8 Å². The molecule has 1 aliphatic rings. The van der Waals surface area contributed by atoms with Crippen molar-refractivity contribution in [3.63, 3.8) is 0 Å². The highest BCUT2D eigenvalue weighted by molar-refractivity contribution is 5.99. The summed E-state index contributed by atoms with van der Waals surface area (Å²) in [7, 11) is 4.01. The van der Waals surface area contributed by atoms with Gasteiger partial charge < -0.3 is 19.0 Å². The molecule has 1 atom stereocenters. The summed E-state index contributed by atoms with van der Waals surface area (Å²) in [5.41, 5.74) is 1.60. The molecule has 0 spiro atoms. The molecular weight excluding hydrogens is 392 g/mol. The molecule has 0 bridgehead atoms. The first-order valence-electron chi connectivity index (χ1n) is 10.8. The number of hydrogen-bond acceptors (Lipinski definition) is 5. The van der Waals surface area contributed by atoms with Crippen LogP contribution in [-0.4, -0.2) is 49.5 Å². The molecule has 0 saturated heterocycles. The third-order valence-electron chi connectivity index (χ3n) is 5.55. The van der Waals surface area contributed by atoms with Gasteiger partial charge in [0.25, 0.3) is 5.91 Å². The lowest BCUT2D eigenvalue weighted by molar-refractivity contribution is 0.0722. The standard InChI is InChI=1S/C25H28N2O4/c1-4-16-30-18-12-10-17(11-13-18)22-21-23(28)19-8-5-6-9-20(19)31-24(21)25(29)27(22)15-7-14-26(2)3/h5-6,8-13,22H,4,7,14-16H2,1-3H3/t22-/m0/s1. The molecule has 162 valence electrons. The summed E-state index contributed by atoms with van der Waals surface area (Å²) >= 11 is 0. The maximum Gasteiger partial charge on any atom is 0.290 e. The zero-order valence-corrected chi connectivity index (χ0v) is 18.3. The summed E-state index contributed by atoms with van der Waals surface area (Å²) < 4.78 is 11.7. The van der Waals surface area contributed by atoms with E-state index in [1.165, 1.54) is 0 Å². The van der Waals surface area contributed by atoms with E-state index in [9.17, 15) is 9.59 Å². The van der Waals surface area contributed by atoms with Crippen LogP contribution in [0.5, 0.6) is 5.75 Å². The molecule has 6 heteroatoms. The van der Waals surface area contributed by atoms with Gasteiger partial charge in [0.2, 0.25) is 5.76 Å². The first-order valence-corrected chi connectivity index (χ1v) is 10.8. The predicted octanol–water partition coefficient (Wildman–Crippen LogP) is 4.08. The summed E-state index contributed by atoms with van der Waals surface area (Å²) in [6, 6.07) is 14.3. The van der Waals surface area contributed by atoms with Gasteiger partial charge in [-0.25, -0.2) is 0 Å². The van der Waals surface area contributed by atoms with E-state index in [1.807, 2.05) is 44.4 Å². The lowest BCUT2D eigenvalue weighted by Crippen LogP contribution is -2.32. The molecular formula is C25H28N2O4. The second-order valence-corrected chi connectivity index (χ2v) is 8.15. The van der Waals surface area contributed by atoms with Crippen molar-refractivity contribution in [2.24, 2.45) is 0 Å². The van der Waals surface area contributed by atoms with Crippen LogP contribution in [-0.2, 0) is 0 Å². The number of benzene rings is 2. The summed E-state index contributed by atoms with van der Waals surface area (Å²) in [6.07, 6.45) is 1.73. The van der Waals surface area contributed by atoms with Crippen molar-refractivity contribution in [1.29, 1.82) is 0 Å². The Morgan fingerprint density at radius 1 is 1.06 bits per heavy atom. The molecule has 0 fully saturated rings. The summed E-state index contributed by atoms with van der Waals surface area (Å²) in [6.45, 7) is 4.09. The largest absolute Gasteiger partial charge is 0.494 e. The Morgan fingerprint density at radius 3 is 2.52 bits per heavy atom. The second-order valence-electron chi connectivity index (χ2n) is 8.15. The first-order chi connectivity index (χ1) is 15.0. The van der Waals surface area contributed by atoms with Gasteiger partial charge in [-0.1, -0.05) is 31.2 Å². The van der Waals surface area contributed by atoms with E-state index < -0.39 is 6.04 Å². The van der Waals surface area contributed by atoms with E-state index in [1.54, 1.807) is 23.1 Å². The van der Waals surface area contributed by atoms with Crippen LogP contribution in [0.1, 0.15) is 47.5 Å². The Labute approximate surface area is 182 Å². The molecule has 6 nitrogen and oxygen atoms in total. The number of carbonyl (C=O) groups is 1. The highest BCUT2D eigenvalue weighted by Crippen LogP contribution is 2.38. The molecule has 0 aliphatic carbocycles. The van der Waals surface area contributed by atoms with Crippen LogP contribution in [0.4, 0.5) is 0 Å². The number of hydrogen-bond donors (Lipinski definition) is 0. The lowest BCUT2D eigenvalue weighted by Gasteiger charge is -2.26. The van der Waals surface area contributed by atoms with Crippen molar-refractivity contribution in [2.45, 2.75) is 25.8 Å². The molecule has 31 heavy (non-hydrogen) atoms. The summed E-state index contributed by atoms with van der Waals surface area (Å²) in [5, 5.41) is 0.497. The van der Waals surface area contributed by atoms with Crippen LogP contribution < -0.4 is 10.2 Å². The van der Waals surface area contributed by atoms with Gasteiger partial charge >= 0.3 is 0 Å². The van der Waals surface area contributed by atoms with E-state index >= 15 is 0 Å². The molecule has 1 aliphatic heterocycles. The van der Waals surface area contributed by atoms with Crippen molar-refractivity contribution in [1.82, 2.24) is 9.80 Å². The van der Waals surface area contributed by atoms with Gasteiger partial charge in [-0.3, -0.25) is 9.59 Å². The topological polar surface area (TPSA) is 63.0 Å². The van der Waals surface area contributed by atoms with Gasteiger partial charge in [-0.05, 0) is 63.3 Å². The smallest absolute Gasteiger partial charge is 0.290 e. The minimum Gasteiger partial charge on any atom is -0.494 e. The minimum atomic E-state index is -0.467. The number of fused-ring (bicyclic) bond motifs is 2. The molecule has 0 N–H and O–H groups in total. The fourth-order valence-electron chi connectivity index (χ4n) is 4.07. The number of para-hydroxylation sites is 1. The summed E-state index contributed by atoms with van der Waals surface area (Å²) in [5.74, 6) is 0.706. The van der Waals surface area contributed by atoms with Gasteiger partial charge in [0.1, 0.15) is 11.3 Å². The molecule has 1 amide bonds. The highest BCUT2D eigenvalue weighted by Gasteiger charge is 2.42. The first kappa shape index (κ1) is 21.1. The van der Waals surface area contributed by atoms with Gasteiger partial charge in [-0.15, -0.1) is 0 Å². The van der Waals surface area contributed by atoms with Crippen LogP contribution in [0.3, 0.4) is 0 Å². The van der Waals surface area contributed by atoms with Crippen molar-refractivity contribution in [3.05, 3.63) is 75.6 Å². The monoisotopic (exact) mass is 420 g/mol. The maximum atomic E-state index is 13.4. The fraction of sp³-hybridized carbons (Fsp3) is 0.360. The zero-order chi connectivity index (χ0) is 22.0. The quantitative estimate of drug-likeness (QED) is 0.550. The fourth-order valence-corrected chi connectivity index (χ4v) is 4.07. The van der Waals surface area contributed by atoms with Gasteiger partial charge in [0.05, 0.1) is 23.6 Å². The third-order valence-corrected chi connectivity index (χ3v) is 5.55. The Bertz CT molecular complexity index is 1130. The number of carbonyl (C=O) groups excluding carboxylic acids is 1.